The molecule has 152 valence electrons. The van der Waals surface area contributed by atoms with Crippen LogP contribution in [0.1, 0.15) is 13.3 Å². The molecule has 0 spiro atoms. The number of piperazine rings is 1. The number of hydrogen-bond acceptors (Lipinski definition) is 7. The van der Waals surface area contributed by atoms with Crippen LogP contribution in [0.5, 0.6) is 5.88 Å². The van der Waals surface area contributed by atoms with E-state index in [2.05, 4.69) is 50.7 Å². The summed E-state index contributed by atoms with van der Waals surface area (Å²) in [5, 5.41) is 3.27. The SMILES string of the molecule is CCNC(=NCCC(=O)OC)N1CCN(c2ncc(Br)c(OC)n2)CC1.I. The van der Waals surface area contributed by atoms with Gasteiger partial charge in [-0.05, 0) is 22.9 Å². The number of hydrogen-bond donors (Lipinski definition) is 1. The molecule has 11 heteroatoms. The molecule has 0 aromatic carbocycles. The molecule has 0 radical (unpaired) electrons. The van der Waals surface area contributed by atoms with Crippen LogP contribution in [0.3, 0.4) is 0 Å². The summed E-state index contributed by atoms with van der Waals surface area (Å²) >= 11 is 3.37. The monoisotopic (exact) mass is 556 g/mol. The Bertz CT molecular complexity index is 641. The molecule has 1 N–H and O–H groups in total. The summed E-state index contributed by atoms with van der Waals surface area (Å²) in [4.78, 5) is 28.8. The van der Waals surface area contributed by atoms with Crippen molar-refractivity contribution in [3.8, 4) is 5.88 Å². The minimum absolute atomic E-state index is 0. The van der Waals surface area contributed by atoms with Gasteiger partial charge >= 0.3 is 5.97 Å². The predicted molar refractivity (Wildman–Crippen MR) is 118 cm³/mol. The number of methoxy groups -OCH3 is 2. The summed E-state index contributed by atoms with van der Waals surface area (Å²) in [6.45, 7) is 6.30. The largest absolute Gasteiger partial charge is 0.480 e. The maximum atomic E-state index is 11.2. The van der Waals surface area contributed by atoms with Gasteiger partial charge in [0.25, 0.3) is 0 Å². The standard InChI is InChI=1S/C16H25BrN6O3.HI/c1-4-18-15(19-6-5-13(24)25-2)22-7-9-23(10-8-22)16-20-11-12(17)14(21-16)26-3;/h11H,4-10H2,1-3H3,(H,18,19);1H. The second-order valence-corrected chi connectivity index (χ2v) is 6.42. The number of guanidine groups is 1. The first-order valence-electron chi connectivity index (χ1n) is 8.50. The number of aromatic nitrogens is 2. The average Bonchev–Trinajstić information content (AvgIpc) is 2.67. The fourth-order valence-corrected chi connectivity index (χ4v) is 2.89. The van der Waals surface area contributed by atoms with E-state index in [-0.39, 0.29) is 36.4 Å². The van der Waals surface area contributed by atoms with E-state index in [1.54, 1.807) is 13.3 Å². The van der Waals surface area contributed by atoms with Gasteiger partial charge in [-0.2, -0.15) is 4.98 Å². The number of carbonyl (C=O) groups excluding carboxylic acids is 1. The third kappa shape index (κ3) is 6.94. The maximum Gasteiger partial charge on any atom is 0.307 e. The van der Waals surface area contributed by atoms with Crippen molar-refractivity contribution in [3.63, 3.8) is 0 Å². The average molecular weight is 557 g/mol. The van der Waals surface area contributed by atoms with E-state index in [9.17, 15) is 4.79 Å². The number of carbonyl (C=O) groups is 1. The zero-order valence-electron chi connectivity index (χ0n) is 15.8. The highest BCUT2D eigenvalue weighted by Crippen LogP contribution is 2.23. The molecular weight excluding hydrogens is 531 g/mol. The molecule has 1 aromatic rings. The van der Waals surface area contributed by atoms with Gasteiger partial charge in [0, 0.05) is 32.7 Å². The van der Waals surface area contributed by atoms with Crippen LogP contribution in [-0.2, 0) is 9.53 Å². The third-order valence-corrected chi connectivity index (χ3v) is 4.44. The number of esters is 1. The van der Waals surface area contributed by atoms with Crippen molar-refractivity contribution in [1.82, 2.24) is 20.2 Å². The molecule has 1 aliphatic heterocycles. The molecule has 0 aliphatic carbocycles. The molecule has 0 saturated carbocycles. The number of nitrogens with one attached hydrogen (secondary N) is 1. The number of rotatable bonds is 6. The van der Waals surface area contributed by atoms with Crippen molar-refractivity contribution >= 4 is 57.8 Å². The Kier molecular flexibility index (Phi) is 10.7. The Morgan fingerprint density at radius 2 is 2.04 bits per heavy atom. The van der Waals surface area contributed by atoms with Crippen molar-refractivity contribution in [3.05, 3.63) is 10.7 Å². The lowest BCUT2D eigenvalue weighted by molar-refractivity contribution is -0.140. The summed E-state index contributed by atoms with van der Waals surface area (Å²) < 4.78 is 10.6. The second-order valence-electron chi connectivity index (χ2n) is 5.56. The summed E-state index contributed by atoms with van der Waals surface area (Å²) in [6.07, 6.45) is 1.98. The zero-order valence-corrected chi connectivity index (χ0v) is 19.7. The van der Waals surface area contributed by atoms with Gasteiger partial charge in [-0.3, -0.25) is 9.79 Å². The Morgan fingerprint density at radius 1 is 1.33 bits per heavy atom. The third-order valence-electron chi connectivity index (χ3n) is 3.89. The van der Waals surface area contributed by atoms with Crippen LogP contribution in [0.25, 0.3) is 0 Å². The fraction of sp³-hybridized carbons (Fsp3) is 0.625. The van der Waals surface area contributed by atoms with Crippen LogP contribution in [0, 0.1) is 0 Å². The second kappa shape index (κ2) is 12.2. The van der Waals surface area contributed by atoms with E-state index in [0.717, 1.165) is 43.2 Å². The number of aliphatic imine (C=N–C) groups is 1. The minimum Gasteiger partial charge on any atom is -0.480 e. The summed E-state index contributed by atoms with van der Waals surface area (Å²) in [6, 6.07) is 0. The molecule has 27 heavy (non-hydrogen) atoms. The first-order chi connectivity index (χ1) is 12.6. The molecule has 0 atom stereocenters. The van der Waals surface area contributed by atoms with Gasteiger partial charge < -0.3 is 24.6 Å². The molecule has 0 amide bonds. The first kappa shape index (κ1) is 23.7. The van der Waals surface area contributed by atoms with Gasteiger partial charge in [0.05, 0.1) is 37.9 Å². The predicted octanol–water partition coefficient (Wildman–Crippen LogP) is 1.52. The molecule has 0 unspecified atom stereocenters. The van der Waals surface area contributed by atoms with Crippen molar-refractivity contribution in [2.75, 3.05) is 58.4 Å². The Morgan fingerprint density at radius 3 is 2.63 bits per heavy atom. The Labute approximate surface area is 185 Å². The lowest BCUT2D eigenvalue weighted by Crippen LogP contribution is -2.53. The van der Waals surface area contributed by atoms with Gasteiger partial charge in [-0.1, -0.05) is 0 Å². The normalized spacial score (nSPS) is 14.4. The quantitative estimate of drug-likeness (QED) is 0.244. The molecule has 9 nitrogen and oxygen atoms in total. The lowest BCUT2D eigenvalue weighted by atomic mass is 10.3. The van der Waals surface area contributed by atoms with Crippen molar-refractivity contribution in [2.24, 2.45) is 4.99 Å². The lowest BCUT2D eigenvalue weighted by Gasteiger charge is -2.36. The van der Waals surface area contributed by atoms with Gasteiger partial charge in [0.15, 0.2) is 5.96 Å². The van der Waals surface area contributed by atoms with Crippen molar-refractivity contribution < 1.29 is 14.3 Å². The Hall–Kier alpha value is -1.37. The van der Waals surface area contributed by atoms with E-state index in [1.807, 2.05) is 6.92 Å². The minimum atomic E-state index is -0.254. The summed E-state index contributed by atoms with van der Waals surface area (Å²) in [7, 11) is 2.97. The maximum absolute atomic E-state index is 11.2. The molecule has 0 bridgehead atoms. The zero-order chi connectivity index (χ0) is 18.9. The summed E-state index contributed by atoms with van der Waals surface area (Å²) in [5.74, 6) is 1.73. The highest BCUT2D eigenvalue weighted by Gasteiger charge is 2.22. The van der Waals surface area contributed by atoms with Crippen LogP contribution in [0.15, 0.2) is 15.7 Å². The van der Waals surface area contributed by atoms with Crippen molar-refractivity contribution in [2.45, 2.75) is 13.3 Å². The number of nitrogens with zero attached hydrogens (tertiary/aromatic N) is 5. The van der Waals surface area contributed by atoms with E-state index >= 15 is 0 Å². The van der Waals surface area contributed by atoms with Crippen LogP contribution >= 0.6 is 39.9 Å². The van der Waals surface area contributed by atoms with E-state index in [1.165, 1.54) is 7.11 Å². The molecular formula is C16H26BrIN6O3. The van der Waals surface area contributed by atoms with Crippen LogP contribution < -0.4 is 15.0 Å². The molecule has 2 rings (SSSR count). The highest BCUT2D eigenvalue weighted by molar-refractivity contribution is 14.0. The van der Waals surface area contributed by atoms with E-state index < -0.39 is 0 Å². The first-order valence-corrected chi connectivity index (χ1v) is 9.29. The van der Waals surface area contributed by atoms with E-state index in [0.29, 0.717) is 18.4 Å². The van der Waals surface area contributed by atoms with Gasteiger partial charge in [0.2, 0.25) is 11.8 Å². The van der Waals surface area contributed by atoms with Crippen LogP contribution in [-0.4, -0.2) is 80.3 Å². The van der Waals surface area contributed by atoms with Crippen molar-refractivity contribution in [1.29, 1.82) is 0 Å². The van der Waals surface area contributed by atoms with Gasteiger partial charge in [-0.25, -0.2) is 4.98 Å². The smallest absolute Gasteiger partial charge is 0.307 e. The highest BCUT2D eigenvalue weighted by atomic mass is 127. The molecule has 1 fully saturated rings. The number of halogens is 2. The fourth-order valence-electron chi connectivity index (χ4n) is 2.54. The van der Waals surface area contributed by atoms with Gasteiger partial charge in [0.1, 0.15) is 0 Å². The number of ether oxygens (including phenoxy) is 2. The Balaban J connectivity index is 0.00000364. The topological polar surface area (TPSA) is 92.2 Å². The van der Waals surface area contributed by atoms with Crippen LogP contribution in [0.2, 0.25) is 0 Å². The van der Waals surface area contributed by atoms with Crippen LogP contribution in [0.4, 0.5) is 5.95 Å². The van der Waals surface area contributed by atoms with Gasteiger partial charge in [-0.15, -0.1) is 24.0 Å². The number of anilines is 1. The molecule has 1 aromatic heterocycles. The molecule has 1 saturated heterocycles. The van der Waals surface area contributed by atoms with E-state index in [4.69, 9.17) is 4.74 Å². The molecule has 1 aliphatic rings. The molecule has 2 heterocycles. The summed E-state index contributed by atoms with van der Waals surface area (Å²) in [5.41, 5.74) is 0.